The minimum atomic E-state index is 0.372. The Morgan fingerprint density at radius 2 is 1.93 bits per heavy atom. The molecule has 0 aliphatic carbocycles. The molecule has 2 unspecified atom stereocenters. The van der Waals surface area contributed by atoms with Crippen LogP contribution < -0.4 is 5.32 Å². The Kier molecular flexibility index (Phi) is 4.32. The summed E-state index contributed by atoms with van der Waals surface area (Å²) in [7, 11) is 0. The van der Waals surface area contributed by atoms with Gasteiger partial charge in [0.2, 0.25) is 5.95 Å². The quantitative estimate of drug-likeness (QED) is 0.843. The van der Waals surface area contributed by atoms with Crippen LogP contribution in [0, 0.1) is 12.8 Å². The van der Waals surface area contributed by atoms with E-state index in [0.29, 0.717) is 17.9 Å². The predicted octanol–water partition coefficient (Wildman–Crippen LogP) is 2.62. The summed E-state index contributed by atoms with van der Waals surface area (Å²) in [6.07, 6.45) is 3.64. The van der Waals surface area contributed by atoms with Crippen LogP contribution in [0.25, 0.3) is 0 Å². The van der Waals surface area contributed by atoms with Crippen LogP contribution in [0.15, 0.2) is 12.4 Å². The number of alkyl halides is 1. The van der Waals surface area contributed by atoms with Gasteiger partial charge in [0.15, 0.2) is 0 Å². The third kappa shape index (κ3) is 3.25. The number of aryl methyl sites for hydroxylation is 1. The number of nitrogens with one attached hydrogen (secondary N) is 1. The van der Waals surface area contributed by atoms with Crippen molar-refractivity contribution in [2.45, 2.75) is 26.8 Å². The summed E-state index contributed by atoms with van der Waals surface area (Å²) in [5, 5.41) is 4.25. The highest BCUT2D eigenvalue weighted by atomic mass is 79.9. The maximum absolute atomic E-state index is 4.20. The molecule has 0 bridgehead atoms. The van der Waals surface area contributed by atoms with Crippen molar-refractivity contribution in [2.75, 3.05) is 10.6 Å². The molecular weight excluding hydrogens is 242 g/mol. The zero-order chi connectivity index (χ0) is 10.6. The smallest absolute Gasteiger partial charge is 0.222 e. The fraction of sp³-hybridized carbons (Fsp3) is 0.600. The fourth-order valence-electron chi connectivity index (χ4n) is 0.947. The van der Waals surface area contributed by atoms with Gasteiger partial charge < -0.3 is 5.32 Å². The van der Waals surface area contributed by atoms with Crippen molar-refractivity contribution in [3.63, 3.8) is 0 Å². The van der Waals surface area contributed by atoms with Crippen molar-refractivity contribution in [1.82, 2.24) is 9.97 Å². The highest BCUT2D eigenvalue weighted by Crippen LogP contribution is 2.10. The second-order valence-electron chi connectivity index (χ2n) is 3.65. The average Bonchev–Trinajstić information content (AvgIpc) is 2.20. The number of halogens is 1. The van der Waals surface area contributed by atoms with Gasteiger partial charge in [0.25, 0.3) is 0 Å². The van der Waals surface area contributed by atoms with Gasteiger partial charge in [-0.3, -0.25) is 0 Å². The van der Waals surface area contributed by atoms with Crippen LogP contribution in [-0.2, 0) is 0 Å². The summed E-state index contributed by atoms with van der Waals surface area (Å²) in [4.78, 5) is 8.39. The molecule has 78 valence electrons. The van der Waals surface area contributed by atoms with Crippen LogP contribution in [0.1, 0.15) is 19.4 Å². The molecule has 1 N–H and O–H groups in total. The van der Waals surface area contributed by atoms with Crippen LogP contribution in [0.3, 0.4) is 0 Å². The normalized spacial score (nSPS) is 14.9. The van der Waals surface area contributed by atoms with Gasteiger partial charge >= 0.3 is 0 Å². The Labute approximate surface area is 93.5 Å². The van der Waals surface area contributed by atoms with Crippen LogP contribution in [-0.4, -0.2) is 21.3 Å². The van der Waals surface area contributed by atoms with Crippen molar-refractivity contribution in [2.24, 2.45) is 5.92 Å². The lowest BCUT2D eigenvalue weighted by Crippen LogP contribution is -2.25. The molecule has 4 heteroatoms. The van der Waals surface area contributed by atoms with Crippen LogP contribution >= 0.6 is 15.9 Å². The van der Waals surface area contributed by atoms with E-state index in [9.17, 15) is 0 Å². The number of hydrogen-bond acceptors (Lipinski definition) is 3. The third-order valence-electron chi connectivity index (χ3n) is 2.23. The first-order valence-corrected chi connectivity index (χ1v) is 5.86. The standard InChI is InChI=1S/C10H16BrN3/c1-7-5-12-10(13-6-7)14-9(3)8(2)4-11/h5-6,8-9H,4H2,1-3H3,(H,12,13,14). The van der Waals surface area contributed by atoms with Crippen LogP contribution in [0.4, 0.5) is 5.95 Å². The molecule has 0 aromatic carbocycles. The van der Waals surface area contributed by atoms with Crippen molar-refractivity contribution < 1.29 is 0 Å². The Hall–Kier alpha value is -0.640. The second kappa shape index (κ2) is 5.29. The fourth-order valence-corrected chi connectivity index (χ4v) is 1.51. The first kappa shape index (κ1) is 11.4. The third-order valence-corrected chi connectivity index (χ3v) is 3.26. The molecule has 1 aromatic rings. The minimum absolute atomic E-state index is 0.372. The van der Waals surface area contributed by atoms with E-state index in [4.69, 9.17) is 0 Å². The van der Waals surface area contributed by atoms with Gasteiger partial charge in [-0.1, -0.05) is 22.9 Å². The first-order chi connectivity index (χ1) is 6.63. The van der Waals surface area contributed by atoms with Gasteiger partial charge in [-0.2, -0.15) is 0 Å². The van der Waals surface area contributed by atoms with E-state index < -0.39 is 0 Å². The van der Waals surface area contributed by atoms with Crippen molar-refractivity contribution >= 4 is 21.9 Å². The van der Waals surface area contributed by atoms with Gasteiger partial charge in [-0.25, -0.2) is 9.97 Å². The van der Waals surface area contributed by atoms with Gasteiger partial charge in [-0.05, 0) is 25.3 Å². The minimum Gasteiger partial charge on any atom is -0.351 e. The predicted molar refractivity (Wildman–Crippen MR) is 62.8 cm³/mol. The Bertz CT molecular complexity index is 273. The zero-order valence-electron chi connectivity index (χ0n) is 8.79. The molecule has 0 aliphatic heterocycles. The molecule has 0 radical (unpaired) electrons. The molecule has 14 heavy (non-hydrogen) atoms. The number of aromatic nitrogens is 2. The molecule has 2 atom stereocenters. The maximum Gasteiger partial charge on any atom is 0.222 e. The van der Waals surface area contributed by atoms with E-state index in [-0.39, 0.29) is 0 Å². The van der Waals surface area contributed by atoms with E-state index in [1.54, 1.807) is 0 Å². The van der Waals surface area contributed by atoms with E-state index in [2.05, 4.69) is 45.1 Å². The Balaban J connectivity index is 2.56. The van der Waals surface area contributed by atoms with Gasteiger partial charge in [0, 0.05) is 23.8 Å². The number of hydrogen-bond donors (Lipinski definition) is 1. The highest BCUT2D eigenvalue weighted by molar-refractivity contribution is 9.09. The first-order valence-electron chi connectivity index (χ1n) is 4.74. The van der Waals surface area contributed by atoms with Gasteiger partial charge in [0.05, 0.1) is 0 Å². The van der Waals surface area contributed by atoms with E-state index in [1.807, 2.05) is 19.3 Å². The molecule has 1 aromatic heterocycles. The van der Waals surface area contributed by atoms with Crippen molar-refractivity contribution in [3.05, 3.63) is 18.0 Å². The lowest BCUT2D eigenvalue weighted by Gasteiger charge is -2.18. The van der Waals surface area contributed by atoms with Gasteiger partial charge in [-0.15, -0.1) is 0 Å². The van der Waals surface area contributed by atoms with Crippen LogP contribution in [0.5, 0.6) is 0 Å². The van der Waals surface area contributed by atoms with Crippen LogP contribution in [0.2, 0.25) is 0 Å². The summed E-state index contributed by atoms with van der Waals surface area (Å²) in [5.41, 5.74) is 1.08. The summed E-state index contributed by atoms with van der Waals surface area (Å²) in [5.74, 6) is 1.26. The zero-order valence-corrected chi connectivity index (χ0v) is 10.4. The molecule has 0 saturated carbocycles. The average molecular weight is 258 g/mol. The monoisotopic (exact) mass is 257 g/mol. The number of nitrogens with zero attached hydrogens (tertiary/aromatic N) is 2. The molecule has 0 aliphatic rings. The van der Waals surface area contributed by atoms with E-state index >= 15 is 0 Å². The molecule has 1 rings (SSSR count). The lowest BCUT2D eigenvalue weighted by molar-refractivity contribution is 0.568. The highest BCUT2D eigenvalue weighted by Gasteiger charge is 2.11. The maximum atomic E-state index is 4.20. The number of rotatable bonds is 4. The van der Waals surface area contributed by atoms with Gasteiger partial charge in [0.1, 0.15) is 0 Å². The molecule has 0 spiro atoms. The molecular formula is C10H16BrN3. The van der Waals surface area contributed by atoms with E-state index in [0.717, 1.165) is 10.9 Å². The second-order valence-corrected chi connectivity index (χ2v) is 4.30. The molecule has 0 fully saturated rings. The molecule has 3 nitrogen and oxygen atoms in total. The van der Waals surface area contributed by atoms with Crippen molar-refractivity contribution in [3.8, 4) is 0 Å². The SMILES string of the molecule is Cc1cnc(NC(C)C(C)CBr)nc1. The Morgan fingerprint density at radius 3 is 2.43 bits per heavy atom. The van der Waals surface area contributed by atoms with E-state index in [1.165, 1.54) is 0 Å². The summed E-state index contributed by atoms with van der Waals surface area (Å²) in [6, 6.07) is 0.372. The number of anilines is 1. The lowest BCUT2D eigenvalue weighted by atomic mass is 10.1. The summed E-state index contributed by atoms with van der Waals surface area (Å²) in [6.45, 7) is 6.30. The summed E-state index contributed by atoms with van der Waals surface area (Å²) < 4.78 is 0. The molecule has 0 amide bonds. The Morgan fingerprint density at radius 1 is 1.36 bits per heavy atom. The summed E-state index contributed by atoms with van der Waals surface area (Å²) >= 11 is 3.46. The largest absolute Gasteiger partial charge is 0.351 e. The van der Waals surface area contributed by atoms with Crippen molar-refractivity contribution in [1.29, 1.82) is 0 Å². The topological polar surface area (TPSA) is 37.8 Å². The molecule has 0 saturated heterocycles. The molecule has 1 heterocycles.